The van der Waals surface area contributed by atoms with E-state index >= 15 is 0 Å². The van der Waals surface area contributed by atoms with Crippen molar-refractivity contribution >= 4 is 11.5 Å². The molecule has 7 heteroatoms. The van der Waals surface area contributed by atoms with Crippen LogP contribution in [0.15, 0.2) is 12.1 Å². The molecular weight excluding hydrogens is 232 g/mol. The SMILES string of the molecule is OC(CNc1ccc2nnnn2n1)C1CCCC1. The number of hydrogen-bond acceptors (Lipinski definition) is 6. The topological polar surface area (TPSA) is 88.2 Å². The van der Waals surface area contributed by atoms with Crippen LogP contribution in [0.2, 0.25) is 0 Å². The van der Waals surface area contributed by atoms with Gasteiger partial charge in [0.2, 0.25) is 0 Å². The zero-order valence-corrected chi connectivity index (χ0v) is 10.0. The summed E-state index contributed by atoms with van der Waals surface area (Å²) >= 11 is 0. The summed E-state index contributed by atoms with van der Waals surface area (Å²) in [5, 5.41) is 28.4. The summed E-state index contributed by atoms with van der Waals surface area (Å²) in [6.45, 7) is 0.519. The van der Waals surface area contributed by atoms with Crippen LogP contribution in [0, 0.1) is 5.92 Å². The molecule has 0 aliphatic heterocycles. The molecule has 2 aromatic heterocycles. The Bertz CT molecular complexity index is 521. The van der Waals surface area contributed by atoms with Crippen molar-refractivity contribution in [3.05, 3.63) is 12.1 Å². The van der Waals surface area contributed by atoms with Gasteiger partial charge in [0.05, 0.1) is 6.10 Å². The van der Waals surface area contributed by atoms with Crippen molar-refractivity contribution < 1.29 is 5.11 Å². The van der Waals surface area contributed by atoms with Crippen LogP contribution in [-0.2, 0) is 0 Å². The predicted molar refractivity (Wildman–Crippen MR) is 65.0 cm³/mol. The third-order valence-corrected chi connectivity index (χ3v) is 3.51. The molecule has 18 heavy (non-hydrogen) atoms. The predicted octanol–water partition coefficient (Wildman–Crippen LogP) is 0.482. The van der Waals surface area contributed by atoms with Gasteiger partial charge in [-0.3, -0.25) is 0 Å². The fourth-order valence-electron chi connectivity index (χ4n) is 2.46. The number of hydrogen-bond donors (Lipinski definition) is 2. The van der Waals surface area contributed by atoms with Gasteiger partial charge in [-0.05, 0) is 41.3 Å². The summed E-state index contributed by atoms with van der Waals surface area (Å²) in [6, 6.07) is 3.60. The molecular formula is C11H16N6O. The van der Waals surface area contributed by atoms with Crippen LogP contribution in [0.3, 0.4) is 0 Å². The molecule has 96 valence electrons. The molecule has 1 aliphatic carbocycles. The molecule has 1 aliphatic rings. The van der Waals surface area contributed by atoms with Crippen LogP contribution in [0.4, 0.5) is 5.82 Å². The van der Waals surface area contributed by atoms with E-state index in [4.69, 9.17) is 0 Å². The molecule has 1 unspecified atom stereocenters. The molecule has 0 bridgehead atoms. The summed E-state index contributed by atoms with van der Waals surface area (Å²) in [5.41, 5.74) is 0.608. The first-order valence-corrected chi connectivity index (χ1v) is 6.30. The van der Waals surface area contributed by atoms with Crippen LogP contribution in [0.1, 0.15) is 25.7 Å². The monoisotopic (exact) mass is 248 g/mol. The second kappa shape index (κ2) is 4.85. The Morgan fingerprint density at radius 2 is 2.22 bits per heavy atom. The van der Waals surface area contributed by atoms with Gasteiger partial charge in [-0.1, -0.05) is 12.8 Å². The number of nitrogens with one attached hydrogen (secondary N) is 1. The Hall–Kier alpha value is -1.76. The minimum Gasteiger partial charge on any atom is -0.391 e. The molecule has 0 radical (unpaired) electrons. The summed E-state index contributed by atoms with van der Waals surface area (Å²) in [5.74, 6) is 1.10. The quantitative estimate of drug-likeness (QED) is 0.818. The highest BCUT2D eigenvalue weighted by molar-refractivity contribution is 5.42. The minimum atomic E-state index is -0.307. The van der Waals surface area contributed by atoms with Gasteiger partial charge in [-0.15, -0.1) is 14.8 Å². The van der Waals surface area contributed by atoms with E-state index in [9.17, 15) is 5.11 Å². The molecule has 2 N–H and O–H groups in total. The number of anilines is 1. The largest absolute Gasteiger partial charge is 0.391 e. The second-order valence-electron chi connectivity index (χ2n) is 4.74. The van der Waals surface area contributed by atoms with Crippen molar-refractivity contribution in [1.82, 2.24) is 25.3 Å². The number of aliphatic hydroxyl groups excluding tert-OH is 1. The Labute approximate surface area is 104 Å². The maximum absolute atomic E-state index is 10.0. The fraction of sp³-hybridized carbons (Fsp3) is 0.636. The summed E-state index contributed by atoms with van der Waals surface area (Å²) in [4.78, 5) is 0. The van der Waals surface area contributed by atoms with Gasteiger partial charge in [0.1, 0.15) is 5.82 Å². The van der Waals surface area contributed by atoms with Crippen molar-refractivity contribution in [1.29, 1.82) is 0 Å². The Balaban J connectivity index is 1.61. The molecule has 0 amide bonds. The van der Waals surface area contributed by atoms with Crippen molar-refractivity contribution in [2.24, 2.45) is 5.92 Å². The van der Waals surface area contributed by atoms with Gasteiger partial charge >= 0.3 is 0 Å². The number of aliphatic hydroxyl groups is 1. The van der Waals surface area contributed by atoms with E-state index in [1.807, 2.05) is 6.07 Å². The molecule has 0 aromatic carbocycles. The van der Waals surface area contributed by atoms with E-state index in [0.29, 0.717) is 23.9 Å². The lowest BCUT2D eigenvalue weighted by Crippen LogP contribution is -2.27. The standard InChI is InChI=1S/C11H16N6O/c18-9(8-3-1-2-4-8)7-12-10-5-6-11-13-15-16-17(11)14-10/h5-6,8-9,18H,1-4,7H2,(H,12,14). The number of fused-ring (bicyclic) bond motifs is 1. The van der Waals surface area contributed by atoms with E-state index in [2.05, 4.69) is 25.9 Å². The molecule has 1 fully saturated rings. The Morgan fingerprint density at radius 3 is 3.06 bits per heavy atom. The lowest BCUT2D eigenvalue weighted by molar-refractivity contribution is 0.122. The lowest BCUT2D eigenvalue weighted by Gasteiger charge is -2.18. The van der Waals surface area contributed by atoms with Crippen LogP contribution >= 0.6 is 0 Å². The maximum Gasteiger partial charge on any atom is 0.200 e. The number of aromatic nitrogens is 5. The summed E-state index contributed by atoms with van der Waals surface area (Å²) in [7, 11) is 0. The molecule has 3 rings (SSSR count). The van der Waals surface area contributed by atoms with Gasteiger partial charge in [0.25, 0.3) is 0 Å². The van der Waals surface area contributed by atoms with Gasteiger partial charge in [0.15, 0.2) is 5.65 Å². The van der Waals surface area contributed by atoms with Crippen LogP contribution in [0.25, 0.3) is 5.65 Å². The molecule has 2 heterocycles. The van der Waals surface area contributed by atoms with E-state index < -0.39 is 0 Å². The van der Waals surface area contributed by atoms with E-state index in [-0.39, 0.29) is 6.10 Å². The first kappa shape index (κ1) is 11.3. The molecule has 0 spiro atoms. The van der Waals surface area contributed by atoms with Crippen molar-refractivity contribution in [2.45, 2.75) is 31.8 Å². The van der Waals surface area contributed by atoms with E-state index in [1.165, 1.54) is 17.5 Å². The normalized spacial score (nSPS) is 18.3. The smallest absolute Gasteiger partial charge is 0.200 e. The number of rotatable bonds is 4. The molecule has 7 nitrogen and oxygen atoms in total. The lowest BCUT2D eigenvalue weighted by atomic mass is 10.0. The van der Waals surface area contributed by atoms with Crippen LogP contribution in [0.5, 0.6) is 0 Å². The summed E-state index contributed by atoms with van der Waals surface area (Å²) in [6.07, 6.45) is 4.41. The summed E-state index contributed by atoms with van der Waals surface area (Å²) < 4.78 is 1.37. The van der Waals surface area contributed by atoms with Crippen LogP contribution < -0.4 is 5.32 Å². The molecule has 1 atom stereocenters. The Kier molecular flexibility index (Phi) is 3.06. The van der Waals surface area contributed by atoms with Gasteiger partial charge in [-0.25, -0.2) is 0 Å². The van der Waals surface area contributed by atoms with Gasteiger partial charge in [-0.2, -0.15) is 0 Å². The van der Waals surface area contributed by atoms with Crippen molar-refractivity contribution in [3.8, 4) is 0 Å². The first-order chi connectivity index (χ1) is 8.83. The van der Waals surface area contributed by atoms with E-state index in [1.54, 1.807) is 6.07 Å². The highest BCUT2D eigenvalue weighted by atomic mass is 16.3. The highest BCUT2D eigenvalue weighted by Crippen LogP contribution is 2.27. The highest BCUT2D eigenvalue weighted by Gasteiger charge is 2.22. The van der Waals surface area contributed by atoms with Gasteiger partial charge in [0, 0.05) is 6.54 Å². The average Bonchev–Trinajstić information content (AvgIpc) is 3.05. The number of tetrazole rings is 1. The maximum atomic E-state index is 10.0. The zero-order chi connectivity index (χ0) is 12.4. The van der Waals surface area contributed by atoms with E-state index in [0.717, 1.165) is 12.8 Å². The Morgan fingerprint density at radius 1 is 1.39 bits per heavy atom. The van der Waals surface area contributed by atoms with Gasteiger partial charge < -0.3 is 10.4 Å². The molecule has 2 aromatic rings. The third-order valence-electron chi connectivity index (χ3n) is 3.51. The minimum absolute atomic E-state index is 0.307. The fourth-order valence-corrected chi connectivity index (χ4v) is 2.46. The molecule has 0 saturated heterocycles. The zero-order valence-electron chi connectivity index (χ0n) is 10.0. The second-order valence-corrected chi connectivity index (χ2v) is 4.74. The van der Waals surface area contributed by atoms with Crippen LogP contribution in [-0.4, -0.2) is 43.0 Å². The number of nitrogens with zero attached hydrogens (tertiary/aromatic N) is 5. The third kappa shape index (κ3) is 2.26. The molecule has 1 saturated carbocycles. The van der Waals surface area contributed by atoms with Crippen molar-refractivity contribution in [2.75, 3.05) is 11.9 Å². The first-order valence-electron chi connectivity index (χ1n) is 6.30. The average molecular weight is 248 g/mol. The van der Waals surface area contributed by atoms with Crippen molar-refractivity contribution in [3.63, 3.8) is 0 Å².